The predicted octanol–water partition coefficient (Wildman–Crippen LogP) is 4.37. The van der Waals surface area contributed by atoms with Gasteiger partial charge in [0.15, 0.2) is 0 Å². The molecule has 1 aromatic carbocycles. The van der Waals surface area contributed by atoms with Crippen LogP contribution in [0.4, 0.5) is 4.79 Å². The zero-order chi connectivity index (χ0) is 17.6. The van der Waals surface area contributed by atoms with Gasteiger partial charge < -0.3 is 15.0 Å². The van der Waals surface area contributed by atoms with Crippen molar-refractivity contribution in [1.29, 1.82) is 0 Å². The van der Waals surface area contributed by atoms with E-state index in [0.29, 0.717) is 0 Å². The molecule has 1 heterocycles. The van der Waals surface area contributed by atoms with Gasteiger partial charge in [-0.05, 0) is 64.6 Å². The third kappa shape index (κ3) is 6.81. The van der Waals surface area contributed by atoms with E-state index >= 15 is 0 Å². The molecule has 1 fully saturated rings. The number of aryl methyl sites for hydroxylation is 1. The van der Waals surface area contributed by atoms with Crippen LogP contribution in [0.15, 0.2) is 28.7 Å². The quantitative estimate of drug-likeness (QED) is 0.802. The maximum atomic E-state index is 11.8. The van der Waals surface area contributed by atoms with Crippen molar-refractivity contribution >= 4 is 22.0 Å². The van der Waals surface area contributed by atoms with Crippen LogP contribution in [0, 0.1) is 0 Å². The van der Waals surface area contributed by atoms with Gasteiger partial charge in [-0.25, -0.2) is 4.79 Å². The Labute approximate surface area is 154 Å². The molecule has 0 saturated carbocycles. The van der Waals surface area contributed by atoms with Crippen molar-refractivity contribution in [3.8, 4) is 0 Å². The second kappa shape index (κ2) is 8.86. The van der Waals surface area contributed by atoms with Gasteiger partial charge in [-0.2, -0.15) is 0 Å². The van der Waals surface area contributed by atoms with E-state index in [2.05, 4.69) is 50.4 Å². The highest BCUT2D eigenvalue weighted by molar-refractivity contribution is 9.10. The van der Waals surface area contributed by atoms with E-state index in [0.717, 1.165) is 45.3 Å². The molecule has 1 aromatic rings. The zero-order valence-electron chi connectivity index (χ0n) is 15.0. The molecule has 24 heavy (non-hydrogen) atoms. The van der Waals surface area contributed by atoms with E-state index in [1.165, 1.54) is 10.0 Å². The number of hydrogen-bond acceptors (Lipinski definition) is 3. The first-order valence-corrected chi connectivity index (χ1v) is 9.58. The molecule has 1 amide bonds. The molecule has 0 aliphatic carbocycles. The van der Waals surface area contributed by atoms with E-state index in [1.54, 1.807) is 0 Å². The van der Waals surface area contributed by atoms with Gasteiger partial charge in [0.2, 0.25) is 0 Å². The van der Waals surface area contributed by atoms with Crippen LogP contribution in [0.5, 0.6) is 0 Å². The van der Waals surface area contributed by atoms with Crippen molar-refractivity contribution in [3.05, 3.63) is 34.3 Å². The average Bonchev–Trinajstić information content (AvgIpc) is 2.49. The minimum absolute atomic E-state index is 0.236. The number of amides is 1. The van der Waals surface area contributed by atoms with Crippen LogP contribution in [0.2, 0.25) is 0 Å². The molecule has 1 N–H and O–H groups in total. The number of likely N-dealkylation sites (tertiary alicyclic amines) is 1. The van der Waals surface area contributed by atoms with Crippen LogP contribution in [0.1, 0.15) is 45.6 Å². The largest absolute Gasteiger partial charge is 0.444 e. The predicted molar refractivity (Wildman–Crippen MR) is 101 cm³/mol. The number of ether oxygens (including phenoxy) is 1. The summed E-state index contributed by atoms with van der Waals surface area (Å²) in [6.45, 7) is 8.86. The summed E-state index contributed by atoms with van der Waals surface area (Å²) in [4.78, 5) is 14.3. The van der Waals surface area contributed by atoms with E-state index < -0.39 is 5.60 Å². The van der Waals surface area contributed by atoms with E-state index in [9.17, 15) is 4.79 Å². The normalized spacial score (nSPS) is 16.8. The molecule has 1 aliphatic rings. The van der Waals surface area contributed by atoms with Crippen LogP contribution in [0.25, 0.3) is 0 Å². The summed E-state index contributed by atoms with van der Waals surface area (Å²) < 4.78 is 6.52. The van der Waals surface area contributed by atoms with Gasteiger partial charge in [-0.15, -0.1) is 0 Å². The fraction of sp³-hybridized carbons (Fsp3) is 0.632. The van der Waals surface area contributed by atoms with Gasteiger partial charge >= 0.3 is 6.09 Å². The second-order valence-electron chi connectivity index (χ2n) is 7.46. The number of benzene rings is 1. The first kappa shape index (κ1) is 19.3. The minimum atomic E-state index is -0.434. The Hall–Kier alpha value is -1.07. The lowest BCUT2D eigenvalue weighted by Crippen LogP contribution is -2.46. The highest BCUT2D eigenvalue weighted by atomic mass is 79.9. The first-order valence-electron chi connectivity index (χ1n) is 8.79. The topological polar surface area (TPSA) is 41.6 Å². The molecule has 134 valence electrons. The summed E-state index contributed by atoms with van der Waals surface area (Å²) in [7, 11) is 0. The smallest absolute Gasteiger partial charge is 0.407 e. The molecular formula is C19H29BrN2O2. The number of nitrogens with one attached hydrogen (secondary N) is 1. The summed E-state index contributed by atoms with van der Waals surface area (Å²) in [6.07, 6.45) is 3.95. The van der Waals surface area contributed by atoms with Crippen molar-refractivity contribution in [2.45, 2.75) is 58.1 Å². The van der Waals surface area contributed by atoms with E-state index in [1.807, 2.05) is 20.8 Å². The number of halogens is 1. The SMILES string of the molecule is CC(C)(C)OC(=O)NC1CCN(CCCc2ccccc2Br)CC1. The van der Waals surface area contributed by atoms with Crippen molar-refractivity contribution < 1.29 is 9.53 Å². The number of rotatable bonds is 5. The van der Waals surface area contributed by atoms with Gasteiger partial charge in [-0.1, -0.05) is 34.1 Å². The number of carbonyl (C=O) groups excluding carboxylic acids is 1. The summed E-state index contributed by atoms with van der Waals surface area (Å²) >= 11 is 3.61. The molecule has 4 nitrogen and oxygen atoms in total. The van der Waals surface area contributed by atoms with E-state index in [-0.39, 0.29) is 12.1 Å². The monoisotopic (exact) mass is 396 g/mol. The third-order valence-electron chi connectivity index (χ3n) is 4.19. The Morgan fingerprint density at radius 3 is 2.58 bits per heavy atom. The Morgan fingerprint density at radius 2 is 1.96 bits per heavy atom. The van der Waals surface area contributed by atoms with Crippen LogP contribution in [-0.4, -0.2) is 42.3 Å². The van der Waals surface area contributed by atoms with Crippen LogP contribution in [-0.2, 0) is 11.2 Å². The van der Waals surface area contributed by atoms with Crippen LogP contribution < -0.4 is 5.32 Å². The lowest BCUT2D eigenvalue weighted by atomic mass is 10.0. The standard InChI is InChI=1S/C19H29BrN2O2/c1-19(2,3)24-18(23)21-16-10-13-22(14-11-16)12-6-8-15-7-4-5-9-17(15)20/h4-5,7,9,16H,6,8,10-14H2,1-3H3,(H,21,23). The highest BCUT2D eigenvalue weighted by Crippen LogP contribution is 2.18. The van der Waals surface area contributed by atoms with E-state index in [4.69, 9.17) is 4.74 Å². The summed E-state index contributed by atoms with van der Waals surface area (Å²) in [5, 5.41) is 2.99. The van der Waals surface area contributed by atoms with Gasteiger partial charge in [0.25, 0.3) is 0 Å². The van der Waals surface area contributed by atoms with Gasteiger partial charge in [-0.3, -0.25) is 0 Å². The number of carbonyl (C=O) groups is 1. The molecule has 0 atom stereocenters. The number of nitrogens with zero attached hydrogens (tertiary/aromatic N) is 1. The first-order chi connectivity index (χ1) is 11.3. The molecule has 0 radical (unpaired) electrons. The highest BCUT2D eigenvalue weighted by Gasteiger charge is 2.23. The average molecular weight is 397 g/mol. The number of alkyl carbamates (subject to hydrolysis) is 1. The van der Waals surface area contributed by atoms with Crippen LogP contribution >= 0.6 is 15.9 Å². The Balaban J connectivity index is 1.64. The van der Waals surface area contributed by atoms with Gasteiger partial charge in [0.1, 0.15) is 5.60 Å². The lowest BCUT2D eigenvalue weighted by molar-refractivity contribution is 0.0479. The maximum absolute atomic E-state index is 11.8. The Kier molecular flexibility index (Phi) is 7.11. The molecule has 0 aromatic heterocycles. The fourth-order valence-electron chi connectivity index (χ4n) is 2.97. The minimum Gasteiger partial charge on any atom is -0.444 e. The van der Waals surface area contributed by atoms with Crippen molar-refractivity contribution in [1.82, 2.24) is 10.2 Å². The van der Waals surface area contributed by atoms with Crippen molar-refractivity contribution in [2.75, 3.05) is 19.6 Å². The Morgan fingerprint density at radius 1 is 1.29 bits per heavy atom. The molecule has 2 rings (SSSR count). The van der Waals surface area contributed by atoms with Crippen LogP contribution in [0.3, 0.4) is 0 Å². The molecule has 0 spiro atoms. The zero-order valence-corrected chi connectivity index (χ0v) is 16.6. The molecular weight excluding hydrogens is 368 g/mol. The number of piperidine rings is 1. The molecule has 0 unspecified atom stereocenters. The Bertz CT molecular complexity index is 534. The van der Waals surface area contributed by atoms with Crippen molar-refractivity contribution in [2.24, 2.45) is 0 Å². The van der Waals surface area contributed by atoms with Crippen molar-refractivity contribution in [3.63, 3.8) is 0 Å². The van der Waals surface area contributed by atoms with Gasteiger partial charge in [0.05, 0.1) is 0 Å². The molecule has 0 bridgehead atoms. The van der Waals surface area contributed by atoms with Gasteiger partial charge in [0, 0.05) is 23.6 Å². The molecule has 5 heteroatoms. The number of hydrogen-bond donors (Lipinski definition) is 1. The lowest BCUT2D eigenvalue weighted by Gasteiger charge is -2.32. The third-order valence-corrected chi connectivity index (χ3v) is 4.96. The second-order valence-corrected chi connectivity index (χ2v) is 8.31. The summed E-state index contributed by atoms with van der Waals surface area (Å²) in [5.41, 5.74) is 0.940. The molecule has 1 saturated heterocycles. The summed E-state index contributed by atoms with van der Waals surface area (Å²) in [5.74, 6) is 0. The molecule has 1 aliphatic heterocycles. The summed E-state index contributed by atoms with van der Waals surface area (Å²) in [6, 6.07) is 8.66. The maximum Gasteiger partial charge on any atom is 0.407 e. The fourth-order valence-corrected chi connectivity index (χ4v) is 3.45.